The Morgan fingerprint density at radius 1 is 0.971 bits per heavy atom. The second kappa shape index (κ2) is 8.97. The largest absolute Gasteiger partial charge is 0.382 e. The standard InChI is InChI=1S/C24H21FN6O3/c25-17-13-28-20(18-6-7-26-14-29-18)21-19(17)16(12-27-21)22(32)24(34)31-10-8-30(9-11-31)23(33)15-4-2-1-3-5-15/h1-7,13-14,16,27H,8-12H2. The van der Waals surface area contributed by atoms with Gasteiger partial charge in [0.25, 0.3) is 11.8 Å². The third-order valence-corrected chi connectivity index (χ3v) is 6.13. The minimum atomic E-state index is -0.963. The van der Waals surface area contributed by atoms with Crippen molar-refractivity contribution in [3.8, 4) is 11.4 Å². The van der Waals surface area contributed by atoms with Crippen molar-refractivity contribution in [2.24, 2.45) is 0 Å². The molecule has 1 N–H and O–H groups in total. The van der Waals surface area contributed by atoms with E-state index in [1.54, 1.807) is 41.4 Å². The predicted molar refractivity (Wildman–Crippen MR) is 120 cm³/mol. The quantitative estimate of drug-likeness (QED) is 0.591. The third kappa shape index (κ3) is 3.87. The molecule has 172 valence electrons. The Morgan fingerprint density at radius 2 is 1.71 bits per heavy atom. The lowest BCUT2D eigenvalue weighted by Crippen LogP contribution is -2.52. The zero-order valence-corrected chi connectivity index (χ0v) is 18.1. The molecule has 0 bridgehead atoms. The number of fused-ring (bicyclic) bond motifs is 1. The van der Waals surface area contributed by atoms with E-state index in [0.717, 1.165) is 6.20 Å². The van der Waals surface area contributed by atoms with E-state index in [-0.39, 0.29) is 31.1 Å². The fraction of sp³-hybridized carbons (Fsp3) is 0.250. The molecule has 4 heterocycles. The van der Waals surface area contributed by atoms with Crippen LogP contribution >= 0.6 is 0 Å². The fourth-order valence-corrected chi connectivity index (χ4v) is 4.36. The molecule has 2 aliphatic heterocycles. The molecule has 0 radical (unpaired) electrons. The Bertz CT molecular complexity index is 1250. The summed E-state index contributed by atoms with van der Waals surface area (Å²) in [6, 6.07) is 10.6. The maximum atomic E-state index is 14.7. The second-order valence-electron chi connectivity index (χ2n) is 8.09. The average molecular weight is 460 g/mol. The van der Waals surface area contributed by atoms with Crippen molar-refractivity contribution in [3.63, 3.8) is 0 Å². The highest BCUT2D eigenvalue weighted by atomic mass is 19.1. The molecule has 3 aromatic rings. The number of benzene rings is 1. The molecule has 0 aliphatic carbocycles. The molecule has 1 aromatic carbocycles. The molecule has 2 aliphatic rings. The van der Waals surface area contributed by atoms with Crippen LogP contribution in [0.1, 0.15) is 21.8 Å². The number of nitrogens with one attached hydrogen (secondary N) is 1. The van der Waals surface area contributed by atoms with Crippen LogP contribution in [0.25, 0.3) is 11.4 Å². The molecular formula is C24H21FN6O3. The second-order valence-corrected chi connectivity index (χ2v) is 8.09. The number of pyridine rings is 1. The van der Waals surface area contributed by atoms with E-state index in [1.165, 1.54) is 11.2 Å². The Morgan fingerprint density at radius 3 is 2.41 bits per heavy atom. The van der Waals surface area contributed by atoms with Crippen LogP contribution in [0.3, 0.4) is 0 Å². The molecule has 10 heteroatoms. The normalized spacial score (nSPS) is 17.1. The van der Waals surface area contributed by atoms with E-state index in [9.17, 15) is 18.8 Å². The topological polar surface area (TPSA) is 108 Å². The molecule has 1 atom stereocenters. The number of piperazine rings is 1. The number of Topliss-reactive ketones (excluding diaryl/α,β-unsaturated/α-hetero) is 1. The number of anilines is 1. The number of carbonyl (C=O) groups is 3. The van der Waals surface area contributed by atoms with E-state index < -0.39 is 23.4 Å². The van der Waals surface area contributed by atoms with Gasteiger partial charge in [-0.05, 0) is 18.2 Å². The Hall–Kier alpha value is -4.21. The zero-order valence-electron chi connectivity index (χ0n) is 18.1. The summed E-state index contributed by atoms with van der Waals surface area (Å²) in [4.78, 5) is 54.0. The van der Waals surface area contributed by atoms with Crippen LogP contribution in [-0.2, 0) is 9.59 Å². The summed E-state index contributed by atoms with van der Waals surface area (Å²) >= 11 is 0. The molecule has 2 aromatic heterocycles. The highest BCUT2D eigenvalue weighted by Gasteiger charge is 2.39. The van der Waals surface area contributed by atoms with Gasteiger partial charge in [0.05, 0.1) is 23.5 Å². The minimum absolute atomic E-state index is 0.0903. The SMILES string of the molecule is O=C(C(=O)N1CCN(C(=O)c2ccccc2)CC1)C1CNc2c(-c3ccncn3)ncc(F)c21. The average Bonchev–Trinajstić information content (AvgIpc) is 3.35. The van der Waals surface area contributed by atoms with Crippen molar-refractivity contribution in [3.05, 3.63) is 72.1 Å². The number of aromatic nitrogens is 3. The zero-order chi connectivity index (χ0) is 23.7. The number of nitrogens with zero attached hydrogens (tertiary/aromatic N) is 5. The summed E-state index contributed by atoms with van der Waals surface area (Å²) in [7, 11) is 0. The van der Waals surface area contributed by atoms with Crippen LogP contribution in [-0.4, -0.2) is 75.1 Å². The summed E-state index contributed by atoms with van der Waals surface area (Å²) < 4.78 is 14.7. The number of carbonyl (C=O) groups excluding carboxylic acids is 3. The molecule has 0 saturated carbocycles. The number of hydrogen-bond donors (Lipinski definition) is 1. The summed E-state index contributed by atoms with van der Waals surface area (Å²) in [5, 5.41) is 3.03. The molecule has 1 saturated heterocycles. The Kier molecular flexibility index (Phi) is 5.70. The minimum Gasteiger partial charge on any atom is -0.382 e. The van der Waals surface area contributed by atoms with Crippen molar-refractivity contribution in [2.45, 2.75) is 5.92 Å². The molecular weight excluding hydrogens is 439 g/mol. The van der Waals surface area contributed by atoms with Crippen molar-refractivity contribution in [2.75, 3.05) is 38.0 Å². The summed E-state index contributed by atoms with van der Waals surface area (Å²) in [5.74, 6) is -3.09. The maximum Gasteiger partial charge on any atom is 0.290 e. The highest BCUT2D eigenvalue weighted by Crippen LogP contribution is 2.39. The van der Waals surface area contributed by atoms with Crippen molar-refractivity contribution in [1.29, 1.82) is 0 Å². The lowest BCUT2D eigenvalue weighted by molar-refractivity contribution is -0.146. The lowest BCUT2D eigenvalue weighted by atomic mass is 9.95. The number of ketones is 1. The van der Waals surface area contributed by atoms with E-state index in [0.29, 0.717) is 35.7 Å². The molecule has 9 nitrogen and oxygen atoms in total. The highest BCUT2D eigenvalue weighted by molar-refractivity contribution is 6.38. The summed E-state index contributed by atoms with van der Waals surface area (Å²) in [6.45, 7) is 1.21. The predicted octanol–water partition coefficient (Wildman–Crippen LogP) is 1.74. The summed E-state index contributed by atoms with van der Waals surface area (Å²) in [6.07, 6.45) is 3.95. The monoisotopic (exact) mass is 460 g/mol. The first-order valence-electron chi connectivity index (χ1n) is 10.9. The van der Waals surface area contributed by atoms with Gasteiger partial charge in [-0.15, -0.1) is 0 Å². The maximum absolute atomic E-state index is 14.7. The molecule has 2 amide bonds. The molecule has 1 unspecified atom stereocenters. The van der Waals surface area contributed by atoms with Gasteiger partial charge in [0.2, 0.25) is 5.78 Å². The van der Waals surface area contributed by atoms with E-state index in [2.05, 4.69) is 20.3 Å². The molecule has 5 rings (SSSR count). The fourth-order valence-electron chi connectivity index (χ4n) is 4.36. The Balaban J connectivity index is 1.30. The van der Waals surface area contributed by atoms with Crippen molar-refractivity contribution >= 4 is 23.3 Å². The number of amides is 2. The number of halogens is 1. The van der Waals surface area contributed by atoms with Gasteiger partial charge < -0.3 is 15.1 Å². The summed E-state index contributed by atoms with van der Waals surface area (Å²) in [5.41, 5.74) is 1.95. The van der Waals surface area contributed by atoms with Crippen LogP contribution in [0.15, 0.2) is 55.1 Å². The van der Waals surface area contributed by atoms with Crippen LogP contribution in [0.5, 0.6) is 0 Å². The van der Waals surface area contributed by atoms with Gasteiger partial charge in [-0.3, -0.25) is 14.4 Å². The van der Waals surface area contributed by atoms with Gasteiger partial charge in [0.15, 0.2) is 0 Å². The number of rotatable bonds is 4. The van der Waals surface area contributed by atoms with Gasteiger partial charge in [-0.25, -0.2) is 19.3 Å². The van der Waals surface area contributed by atoms with Gasteiger partial charge in [-0.1, -0.05) is 18.2 Å². The van der Waals surface area contributed by atoms with E-state index in [4.69, 9.17) is 0 Å². The van der Waals surface area contributed by atoms with Gasteiger partial charge >= 0.3 is 0 Å². The smallest absolute Gasteiger partial charge is 0.290 e. The van der Waals surface area contributed by atoms with Crippen molar-refractivity contribution < 1.29 is 18.8 Å². The van der Waals surface area contributed by atoms with Gasteiger partial charge in [-0.2, -0.15) is 0 Å². The molecule has 1 fully saturated rings. The first kappa shape index (κ1) is 21.6. The van der Waals surface area contributed by atoms with Crippen LogP contribution in [0.2, 0.25) is 0 Å². The van der Waals surface area contributed by atoms with Gasteiger partial charge in [0, 0.05) is 50.0 Å². The first-order valence-corrected chi connectivity index (χ1v) is 10.9. The molecule has 0 spiro atoms. The third-order valence-electron chi connectivity index (χ3n) is 6.13. The van der Waals surface area contributed by atoms with Gasteiger partial charge in [0.1, 0.15) is 17.8 Å². The van der Waals surface area contributed by atoms with Crippen molar-refractivity contribution in [1.82, 2.24) is 24.8 Å². The van der Waals surface area contributed by atoms with Crippen LogP contribution < -0.4 is 5.32 Å². The van der Waals surface area contributed by atoms with E-state index in [1.807, 2.05) is 6.07 Å². The lowest BCUT2D eigenvalue weighted by Gasteiger charge is -2.34. The van der Waals surface area contributed by atoms with Crippen LogP contribution in [0.4, 0.5) is 10.1 Å². The molecule has 34 heavy (non-hydrogen) atoms. The first-order chi connectivity index (χ1) is 16.5. The Labute approximate surface area is 194 Å². The van der Waals surface area contributed by atoms with E-state index >= 15 is 0 Å². The van der Waals surface area contributed by atoms with Crippen LogP contribution in [0, 0.1) is 5.82 Å². The number of hydrogen-bond acceptors (Lipinski definition) is 7.